The van der Waals surface area contributed by atoms with Crippen LogP contribution in [0.3, 0.4) is 0 Å². The first-order chi connectivity index (χ1) is 10.1. The Morgan fingerprint density at radius 2 is 2.14 bits per heavy atom. The summed E-state index contributed by atoms with van der Waals surface area (Å²) < 4.78 is 0. The summed E-state index contributed by atoms with van der Waals surface area (Å²) in [4.78, 5) is 12.0. The summed E-state index contributed by atoms with van der Waals surface area (Å²) in [5.74, 6) is -0.0272. The Kier molecular flexibility index (Phi) is 2.77. The fraction of sp³-hybridized carbons (Fsp3) is 0.353. The molecule has 1 saturated carbocycles. The van der Waals surface area contributed by atoms with Crippen molar-refractivity contribution in [3.8, 4) is 0 Å². The lowest BCUT2D eigenvalue weighted by Gasteiger charge is -2.36. The number of amides is 1. The van der Waals surface area contributed by atoms with Crippen LogP contribution in [-0.4, -0.2) is 23.2 Å². The molecule has 2 aromatic rings. The van der Waals surface area contributed by atoms with E-state index < -0.39 is 5.60 Å². The van der Waals surface area contributed by atoms with Crippen molar-refractivity contribution < 1.29 is 9.90 Å². The molecule has 0 unspecified atom stereocenters. The molecule has 1 amide bonds. The molecule has 0 atom stereocenters. The van der Waals surface area contributed by atoms with Crippen LogP contribution in [-0.2, 0) is 6.54 Å². The number of carbonyl (C=O) groups is 1. The summed E-state index contributed by atoms with van der Waals surface area (Å²) in [6.45, 7) is 1.29. The standard InChI is InChI=1S/C17H18N2O2/c20-16-13-8-11(9-18-10-17(21)5-2-6-17)7-12-3-1-4-14(19-16)15(12)13/h1,3-4,7-8,18,21H,2,5-6,9-10H2,(H,19,20). The molecule has 1 heterocycles. The van der Waals surface area contributed by atoms with E-state index in [1.165, 1.54) is 0 Å². The monoisotopic (exact) mass is 282 g/mol. The molecule has 0 radical (unpaired) electrons. The predicted octanol–water partition coefficient (Wildman–Crippen LogP) is 2.41. The molecule has 1 aliphatic heterocycles. The first-order valence-corrected chi connectivity index (χ1v) is 7.45. The smallest absolute Gasteiger partial charge is 0.256 e. The van der Waals surface area contributed by atoms with Gasteiger partial charge in [0, 0.05) is 29.7 Å². The Hall–Kier alpha value is -1.91. The van der Waals surface area contributed by atoms with Gasteiger partial charge in [0.1, 0.15) is 0 Å². The molecule has 4 rings (SSSR count). The van der Waals surface area contributed by atoms with Gasteiger partial charge in [0.05, 0.1) is 5.60 Å². The van der Waals surface area contributed by atoms with E-state index in [-0.39, 0.29) is 5.91 Å². The summed E-state index contributed by atoms with van der Waals surface area (Å²) in [7, 11) is 0. The van der Waals surface area contributed by atoms with Gasteiger partial charge in [-0.2, -0.15) is 0 Å². The van der Waals surface area contributed by atoms with Gasteiger partial charge in [-0.25, -0.2) is 0 Å². The summed E-state index contributed by atoms with van der Waals surface area (Å²) in [6.07, 6.45) is 2.88. The van der Waals surface area contributed by atoms with Crippen molar-refractivity contribution in [2.45, 2.75) is 31.4 Å². The van der Waals surface area contributed by atoms with Crippen molar-refractivity contribution in [2.75, 3.05) is 11.9 Å². The van der Waals surface area contributed by atoms with Crippen molar-refractivity contribution >= 4 is 22.4 Å². The Balaban J connectivity index is 1.58. The number of carbonyl (C=O) groups excluding carboxylic acids is 1. The highest BCUT2D eigenvalue weighted by Gasteiger charge is 2.33. The van der Waals surface area contributed by atoms with Gasteiger partial charge in [-0.15, -0.1) is 0 Å². The van der Waals surface area contributed by atoms with Gasteiger partial charge in [-0.3, -0.25) is 4.79 Å². The van der Waals surface area contributed by atoms with Crippen LogP contribution in [0.4, 0.5) is 5.69 Å². The third-order valence-electron chi connectivity index (χ3n) is 4.60. The number of hydrogen-bond acceptors (Lipinski definition) is 3. The lowest BCUT2D eigenvalue weighted by atomic mass is 9.80. The van der Waals surface area contributed by atoms with E-state index in [2.05, 4.69) is 16.7 Å². The third-order valence-corrected chi connectivity index (χ3v) is 4.60. The number of nitrogens with one attached hydrogen (secondary N) is 2. The number of benzene rings is 2. The van der Waals surface area contributed by atoms with Gasteiger partial charge in [0.15, 0.2) is 0 Å². The summed E-state index contributed by atoms with van der Waals surface area (Å²) in [5.41, 5.74) is 2.21. The normalized spacial score (nSPS) is 18.6. The predicted molar refractivity (Wildman–Crippen MR) is 82.4 cm³/mol. The Morgan fingerprint density at radius 1 is 1.29 bits per heavy atom. The zero-order valence-corrected chi connectivity index (χ0v) is 11.8. The van der Waals surface area contributed by atoms with Crippen molar-refractivity contribution in [3.63, 3.8) is 0 Å². The maximum absolute atomic E-state index is 12.0. The van der Waals surface area contributed by atoms with E-state index in [4.69, 9.17) is 0 Å². The third kappa shape index (κ3) is 2.11. The van der Waals surface area contributed by atoms with Crippen molar-refractivity contribution in [1.82, 2.24) is 5.32 Å². The minimum atomic E-state index is -0.516. The SMILES string of the molecule is O=C1Nc2cccc3cc(CNCC4(O)CCC4)cc1c23. The zero-order valence-electron chi connectivity index (χ0n) is 11.8. The number of anilines is 1. The second kappa shape index (κ2) is 4.55. The van der Waals surface area contributed by atoms with E-state index in [1.807, 2.05) is 24.3 Å². The number of rotatable bonds is 4. The average Bonchev–Trinajstić information content (AvgIpc) is 2.75. The molecule has 108 valence electrons. The van der Waals surface area contributed by atoms with Gasteiger partial charge in [0.2, 0.25) is 0 Å². The molecule has 0 aromatic heterocycles. The Morgan fingerprint density at radius 3 is 2.90 bits per heavy atom. The zero-order chi connectivity index (χ0) is 14.4. The van der Waals surface area contributed by atoms with Gasteiger partial charge in [0.25, 0.3) is 5.91 Å². The van der Waals surface area contributed by atoms with Gasteiger partial charge < -0.3 is 15.7 Å². The highest BCUT2D eigenvalue weighted by molar-refractivity contribution is 6.24. The highest BCUT2D eigenvalue weighted by Crippen LogP contribution is 2.34. The molecule has 0 saturated heterocycles. The minimum Gasteiger partial charge on any atom is -0.389 e. The van der Waals surface area contributed by atoms with Crippen LogP contribution in [0.5, 0.6) is 0 Å². The molecule has 4 heteroatoms. The average molecular weight is 282 g/mol. The molecule has 21 heavy (non-hydrogen) atoms. The van der Waals surface area contributed by atoms with E-state index in [0.717, 1.165) is 46.8 Å². The molecule has 0 spiro atoms. The first-order valence-electron chi connectivity index (χ1n) is 7.45. The van der Waals surface area contributed by atoms with E-state index in [1.54, 1.807) is 0 Å². The van der Waals surface area contributed by atoms with Crippen molar-refractivity contribution in [2.24, 2.45) is 0 Å². The molecular weight excluding hydrogens is 264 g/mol. The number of hydrogen-bond donors (Lipinski definition) is 3. The Labute approximate surface area is 123 Å². The summed E-state index contributed by atoms with van der Waals surface area (Å²) >= 11 is 0. The largest absolute Gasteiger partial charge is 0.389 e. The second-order valence-corrected chi connectivity index (χ2v) is 6.18. The van der Waals surface area contributed by atoms with Gasteiger partial charge in [-0.1, -0.05) is 12.1 Å². The van der Waals surface area contributed by atoms with Crippen LogP contribution in [0.25, 0.3) is 10.8 Å². The van der Waals surface area contributed by atoms with Crippen LogP contribution >= 0.6 is 0 Å². The molecule has 1 fully saturated rings. The molecule has 2 aliphatic rings. The molecular formula is C17H18N2O2. The van der Waals surface area contributed by atoms with Crippen LogP contribution in [0.1, 0.15) is 35.2 Å². The maximum atomic E-state index is 12.0. The lowest BCUT2D eigenvalue weighted by molar-refractivity contribution is -0.0314. The quantitative estimate of drug-likeness (QED) is 0.807. The maximum Gasteiger partial charge on any atom is 0.256 e. The van der Waals surface area contributed by atoms with E-state index in [0.29, 0.717) is 13.1 Å². The van der Waals surface area contributed by atoms with Gasteiger partial charge in [-0.05, 0) is 48.4 Å². The van der Waals surface area contributed by atoms with E-state index in [9.17, 15) is 9.90 Å². The van der Waals surface area contributed by atoms with Crippen LogP contribution in [0.2, 0.25) is 0 Å². The summed E-state index contributed by atoms with van der Waals surface area (Å²) in [6, 6.07) is 9.99. The topological polar surface area (TPSA) is 61.4 Å². The molecule has 4 nitrogen and oxygen atoms in total. The van der Waals surface area contributed by atoms with Crippen LogP contribution in [0.15, 0.2) is 30.3 Å². The van der Waals surface area contributed by atoms with Gasteiger partial charge >= 0.3 is 0 Å². The second-order valence-electron chi connectivity index (χ2n) is 6.18. The van der Waals surface area contributed by atoms with Crippen molar-refractivity contribution in [1.29, 1.82) is 0 Å². The fourth-order valence-corrected chi connectivity index (χ4v) is 3.27. The fourth-order valence-electron chi connectivity index (χ4n) is 3.27. The Bertz CT molecular complexity index is 735. The molecule has 2 aromatic carbocycles. The molecule has 1 aliphatic carbocycles. The molecule has 0 bridgehead atoms. The van der Waals surface area contributed by atoms with E-state index >= 15 is 0 Å². The number of aliphatic hydroxyl groups is 1. The summed E-state index contributed by atoms with van der Waals surface area (Å²) in [5, 5.41) is 18.4. The minimum absolute atomic E-state index is 0.0272. The lowest BCUT2D eigenvalue weighted by Crippen LogP contribution is -2.45. The van der Waals surface area contributed by atoms with Crippen LogP contribution in [0, 0.1) is 0 Å². The highest BCUT2D eigenvalue weighted by atomic mass is 16.3. The van der Waals surface area contributed by atoms with Crippen molar-refractivity contribution in [3.05, 3.63) is 41.5 Å². The molecule has 3 N–H and O–H groups in total. The first kappa shape index (κ1) is 12.8. The van der Waals surface area contributed by atoms with Crippen LogP contribution < -0.4 is 10.6 Å².